The first-order valence-electron chi connectivity index (χ1n) is 7.31. The van der Waals surface area contributed by atoms with Gasteiger partial charge in [0.15, 0.2) is 0 Å². The monoisotopic (exact) mass is 282 g/mol. The molecule has 0 aliphatic heterocycles. The van der Waals surface area contributed by atoms with Gasteiger partial charge in [-0.25, -0.2) is 0 Å². The largest absolute Gasteiger partial charge is 0.0883 e. The third-order valence-corrected chi connectivity index (χ3v) is 5.90. The van der Waals surface area contributed by atoms with Crippen molar-refractivity contribution in [1.82, 2.24) is 0 Å². The van der Waals surface area contributed by atoms with Crippen LogP contribution in [0.1, 0.15) is 26.7 Å². The Hall–Kier alpha value is -0.0862. The Labute approximate surface area is 118 Å². The van der Waals surface area contributed by atoms with E-state index in [1.165, 1.54) is 24.9 Å². The van der Waals surface area contributed by atoms with Crippen molar-refractivity contribution in [3.05, 3.63) is 23.3 Å². The molecule has 0 aliphatic carbocycles. The minimum absolute atomic E-state index is 0.902. The Morgan fingerprint density at radius 1 is 0.667 bits per heavy atom. The molecule has 0 fully saturated rings. The summed E-state index contributed by atoms with van der Waals surface area (Å²) in [4.78, 5) is 0. The van der Waals surface area contributed by atoms with Crippen molar-refractivity contribution in [3.63, 3.8) is 0 Å². The molecule has 0 amide bonds. The summed E-state index contributed by atoms with van der Waals surface area (Å²) in [5.74, 6) is 0. The number of allylic oxidation sites excluding steroid dienone is 4. The molecule has 0 radical (unpaired) electrons. The van der Waals surface area contributed by atoms with E-state index in [1.807, 2.05) is 0 Å². The average molecular weight is 283 g/mol. The van der Waals surface area contributed by atoms with E-state index >= 15 is 0 Å². The molecule has 0 aliphatic rings. The Kier molecular flexibility index (Phi) is 7.45. The highest BCUT2D eigenvalue weighted by molar-refractivity contribution is 6.76. The molecule has 0 N–H and O–H groups in total. The molecule has 0 bridgehead atoms. The second-order valence-corrected chi connectivity index (χ2v) is 19.2. The molecule has 18 heavy (non-hydrogen) atoms. The van der Waals surface area contributed by atoms with Crippen LogP contribution in [0.5, 0.6) is 0 Å². The highest BCUT2D eigenvalue weighted by Crippen LogP contribution is 2.17. The smallest absolute Gasteiger partial charge is 0.0480 e. The maximum absolute atomic E-state index is 2.48. The first-order chi connectivity index (χ1) is 7.99. The van der Waals surface area contributed by atoms with Gasteiger partial charge in [0.1, 0.15) is 0 Å². The van der Waals surface area contributed by atoms with Crippen LogP contribution in [0.4, 0.5) is 0 Å². The van der Waals surface area contributed by atoms with E-state index in [-0.39, 0.29) is 0 Å². The van der Waals surface area contributed by atoms with E-state index in [9.17, 15) is 0 Å². The minimum atomic E-state index is -0.902. The highest BCUT2D eigenvalue weighted by atomic mass is 28.3. The predicted molar refractivity (Wildman–Crippen MR) is 93.1 cm³/mol. The Bertz CT molecular complexity index is 266. The quantitative estimate of drug-likeness (QED) is 0.378. The van der Waals surface area contributed by atoms with Crippen molar-refractivity contribution in [2.75, 3.05) is 0 Å². The van der Waals surface area contributed by atoms with Crippen molar-refractivity contribution >= 4 is 16.1 Å². The molecule has 0 rings (SSSR count). The van der Waals surface area contributed by atoms with E-state index in [4.69, 9.17) is 0 Å². The minimum Gasteiger partial charge on any atom is -0.0883 e. The van der Waals surface area contributed by atoms with Crippen LogP contribution < -0.4 is 0 Å². The summed E-state index contributed by atoms with van der Waals surface area (Å²) in [7, 11) is -1.80. The number of hydrogen-bond donors (Lipinski definition) is 0. The molecule has 0 aromatic rings. The van der Waals surface area contributed by atoms with Crippen molar-refractivity contribution in [3.8, 4) is 0 Å². The van der Waals surface area contributed by atoms with E-state index in [2.05, 4.69) is 65.3 Å². The molecule has 0 atom stereocenters. The lowest BCUT2D eigenvalue weighted by Crippen LogP contribution is -2.17. The zero-order valence-corrected chi connectivity index (χ0v) is 16.0. The van der Waals surface area contributed by atoms with Gasteiger partial charge in [-0.3, -0.25) is 0 Å². The lowest BCUT2D eigenvalue weighted by Gasteiger charge is -2.14. The Balaban J connectivity index is 4.09. The molecular formula is C16H34Si2. The van der Waals surface area contributed by atoms with Crippen LogP contribution >= 0.6 is 0 Å². The lowest BCUT2D eigenvalue weighted by atomic mass is 10.1. The van der Waals surface area contributed by atoms with Crippen molar-refractivity contribution in [2.45, 2.75) is 78.1 Å². The van der Waals surface area contributed by atoms with E-state index in [1.54, 1.807) is 11.1 Å². The van der Waals surface area contributed by atoms with E-state index < -0.39 is 16.1 Å². The fraction of sp³-hybridized carbons (Fsp3) is 0.750. The van der Waals surface area contributed by atoms with E-state index in [0.29, 0.717) is 0 Å². The van der Waals surface area contributed by atoms with Gasteiger partial charge in [-0.1, -0.05) is 62.6 Å². The normalized spacial score (nSPS) is 15.1. The van der Waals surface area contributed by atoms with Gasteiger partial charge in [0.2, 0.25) is 0 Å². The second kappa shape index (κ2) is 7.49. The molecule has 0 saturated carbocycles. The average Bonchev–Trinajstić information content (AvgIpc) is 2.18. The Morgan fingerprint density at radius 3 is 1.17 bits per heavy atom. The number of rotatable bonds is 7. The van der Waals surface area contributed by atoms with Crippen LogP contribution in [0.25, 0.3) is 0 Å². The van der Waals surface area contributed by atoms with Crippen LogP contribution in [0.15, 0.2) is 23.3 Å². The van der Waals surface area contributed by atoms with Crippen LogP contribution in [-0.2, 0) is 0 Å². The van der Waals surface area contributed by atoms with Gasteiger partial charge >= 0.3 is 0 Å². The maximum Gasteiger partial charge on any atom is 0.0480 e. The molecule has 106 valence electrons. The molecule has 0 aromatic heterocycles. The van der Waals surface area contributed by atoms with Crippen molar-refractivity contribution < 1.29 is 0 Å². The molecule has 0 spiro atoms. The molecule has 0 saturated heterocycles. The molecule has 0 nitrogen and oxygen atoms in total. The van der Waals surface area contributed by atoms with Gasteiger partial charge in [0.25, 0.3) is 0 Å². The standard InChI is InChI=1S/C16H34Si2/c1-15(11-13-17(3,4)5)9-10-16(2)12-14-18(6,7)8/h11-12H,9-10,13-14H2,1-8H3. The first kappa shape index (κ1) is 17.9. The van der Waals surface area contributed by atoms with Crippen molar-refractivity contribution in [2.24, 2.45) is 0 Å². The summed E-state index contributed by atoms with van der Waals surface area (Å²) in [6.07, 6.45) is 7.47. The highest BCUT2D eigenvalue weighted by Gasteiger charge is 2.11. The molecular weight excluding hydrogens is 248 g/mol. The maximum atomic E-state index is 2.48. The second-order valence-electron chi connectivity index (χ2n) is 8.13. The van der Waals surface area contributed by atoms with Gasteiger partial charge in [-0.15, -0.1) is 0 Å². The molecule has 0 heterocycles. The molecule has 2 heteroatoms. The predicted octanol–water partition coefficient (Wildman–Crippen LogP) is 6.34. The van der Waals surface area contributed by atoms with Gasteiger partial charge < -0.3 is 0 Å². The summed E-state index contributed by atoms with van der Waals surface area (Å²) in [5.41, 5.74) is 3.16. The van der Waals surface area contributed by atoms with Gasteiger partial charge in [-0.2, -0.15) is 0 Å². The zero-order chi connectivity index (χ0) is 14.4. The molecule has 0 aromatic carbocycles. The topological polar surface area (TPSA) is 0 Å². The van der Waals surface area contributed by atoms with Gasteiger partial charge in [0, 0.05) is 16.1 Å². The summed E-state index contributed by atoms with van der Waals surface area (Å²) in [6, 6.07) is 2.66. The SMILES string of the molecule is CC(=CC[Si](C)(C)C)CCC(C)=CC[Si](C)(C)C. The summed E-state index contributed by atoms with van der Waals surface area (Å²) < 4.78 is 0. The van der Waals surface area contributed by atoms with Crippen molar-refractivity contribution in [1.29, 1.82) is 0 Å². The third kappa shape index (κ3) is 12.4. The summed E-state index contributed by atoms with van der Waals surface area (Å²) in [5, 5.41) is 0. The fourth-order valence-electron chi connectivity index (χ4n) is 1.56. The summed E-state index contributed by atoms with van der Waals surface area (Å²) in [6.45, 7) is 19.2. The summed E-state index contributed by atoms with van der Waals surface area (Å²) >= 11 is 0. The molecule has 0 unspecified atom stereocenters. The Morgan fingerprint density at radius 2 is 0.944 bits per heavy atom. The van der Waals surface area contributed by atoms with Crippen LogP contribution in [0, 0.1) is 0 Å². The lowest BCUT2D eigenvalue weighted by molar-refractivity contribution is 0.917. The fourth-order valence-corrected chi connectivity index (χ4v) is 3.48. The van der Waals surface area contributed by atoms with Crippen LogP contribution in [-0.4, -0.2) is 16.1 Å². The zero-order valence-electron chi connectivity index (χ0n) is 14.0. The van der Waals surface area contributed by atoms with Crippen LogP contribution in [0.2, 0.25) is 51.4 Å². The third-order valence-electron chi connectivity index (χ3n) is 3.04. The number of hydrogen-bond acceptors (Lipinski definition) is 0. The first-order valence-corrected chi connectivity index (χ1v) is 14.7. The van der Waals surface area contributed by atoms with Crippen LogP contribution in [0.3, 0.4) is 0 Å². The van der Waals surface area contributed by atoms with E-state index in [0.717, 1.165) is 0 Å². The van der Waals surface area contributed by atoms with Gasteiger partial charge in [-0.05, 0) is 38.8 Å². The van der Waals surface area contributed by atoms with Gasteiger partial charge in [0.05, 0.1) is 0 Å².